The van der Waals surface area contributed by atoms with Crippen LogP contribution in [0, 0.1) is 5.92 Å². The van der Waals surface area contributed by atoms with Crippen molar-refractivity contribution in [3.63, 3.8) is 0 Å². The summed E-state index contributed by atoms with van der Waals surface area (Å²) in [7, 11) is 0. The maximum Gasteiger partial charge on any atom is 0.329 e. The molecule has 1 unspecified atom stereocenters. The molecule has 0 aliphatic heterocycles. The highest BCUT2D eigenvalue weighted by Crippen LogP contribution is 2.32. The van der Waals surface area contributed by atoms with Crippen molar-refractivity contribution >= 4 is 12.0 Å². The van der Waals surface area contributed by atoms with Crippen molar-refractivity contribution in [2.45, 2.75) is 63.5 Å². The van der Waals surface area contributed by atoms with Crippen molar-refractivity contribution in [2.24, 2.45) is 5.92 Å². The molecule has 0 bridgehead atoms. The summed E-state index contributed by atoms with van der Waals surface area (Å²) in [4.78, 5) is 23.0. The first-order valence-corrected chi connectivity index (χ1v) is 6.85. The number of carbonyl (C=O) groups is 2. The van der Waals surface area contributed by atoms with Crippen LogP contribution in [0.2, 0.25) is 0 Å². The normalized spacial score (nSPS) is 24.1. The monoisotopic (exact) mass is 254 g/mol. The van der Waals surface area contributed by atoms with Crippen LogP contribution in [0.25, 0.3) is 0 Å². The summed E-state index contributed by atoms with van der Waals surface area (Å²) in [6.45, 7) is 2.00. The van der Waals surface area contributed by atoms with Gasteiger partial charge in [0.1, 0.15) is 5.54 Å². The van der Waals surface area contributed by atoms with Gasteiger partial charge in [-0.15, -0.1) is 0 Å². The molecule has 0 aromatic rings. The van der Waals surface area contributed by atoms with Gasteiger partial charge in [-0.3, -0.25) is 0 Å². The van der Waals surface area contributed by atoms with Crippen LogP contribution >= 0.6 is 0 Å². The van der Waals surface area contributed by atoms with Gasteiger partial charge in [0, 0.05) is 6.04 Å². The SMILES string of the molecule is CC(NC(=O)NC1(C(=O)O)CCC1)C1CCCC1. The Balaban J connectivity index is 1.82. The van der Waals surface area contributed by atoms with E-state index >= 15 is 0 Å². The fourth-order valence-corrected chi connectivity index (χ4v) is 2.96. The molecule has 5 heteroatoms. The first kappa shape index (κ1) is 13.2. The Morgan fingerprint density at radius 2 is 1.83 bits per heavy atom. The lowest BCUT2D eigenvalue weighted by molar-refractivity contribution is -0.148. The average molecular weight is 254 g/mol. The fourth-order valence-electron chi connectivity index (χ4n) is 2.96. The van der Waals surface area contributed by atoms with E-state index in [1.165, 1.54) is 12.8 Å². The van der Waals surface area contributed by atoms with Crippen LogP contribution in [0.15, 0.2) is 0 Å². The van der Waals surface area contributed by atoms with Crippen molar-refractivity contribution in [1.29, 1.82) is 0 Å². The predicted octanol–water partition coefficient (Wildman–Crippen LogP) is 1.87. The first-order chi connectivity index (χ1) is 8.53. The summed E-state index contributed by atoms with van der Waals surface area (Å²) in [5.41, 5.74) is -1.01. The summed E-state index contributed by atoms with van der Waals surface area (Å²) >= 11 is 0. The highest BCUT2D eigenvalue weighted by atomic mass is 16.4. The third-order valence-electron chi connectivity index (χ3n) is 4.44. The lowest BCUT2D eigenvalue weighted by Gasteiger charge is -2.38. The Kier molecular flexibility index (Phi) is 3.78. The summed E-state index contributed by atoms with van der Waals surface area (Å²) in [5, 5.41) is 14.7. The molecule has 2 fully saturated rings. The van der Waals surface area contributed by atoms with Crippen LogP contribution in [0.3, 0.4) is 0 Å². The second-order valence-electron chi connectivity index (χ2n) is 5.67. The summed E-state index contributed by atoms with van der Waals surface area (Å²) in [6.07, 6.45) is 6.72. The molecule has 102 valence electrons. The van der Waals surface area contributed by atoms with Crippen molar-refractivity contribution in [1.82, 2.24) is 10.6 Å². The van der Waals surface area contributed by atoms with Gasteiger partial charge < -0.3 is 15.7 Å². The number of carboxylic acids is 1. The van der Waals surface area contributed by atoms with Crippen LogP contribution in [-0.4, -0.2) is 28.7 Å². The number of hydrogen-bond acceptors (Lipinski definition) is 2. The molecule has 0 radical (unpaired) electrons. The van der Waals surface area contributed by atoms with E-state index in [0.717, 1.165) is 19.3 Å². The van der Waals surface area contributed by atoms with E-state index in [4.69, 9.17) is 5.11 Å². The Morgan fingerprint density at radius 1 is 1.22 bits per heavy atom. The van der Waals surface area contributed by atoms with Crippen LogP contribution in [0.5, 0.6) is 0 Å². The molecule has 0 spiro atoms. The Labute approximate surface area is 107 Å². The van der Waals surface area contributed by atoms with Gasteiger partial charge in [-0.05, 0) is 44.9 Å². The van der Waals surface area contributed by atoms with E-state index in [-0.39, 0.29) is 12.1 Å². The number of hydrogen-bond donors (Lipinski definition) is 3. The summed E-state index contributed by atoms with van der Waals surface area (Å²) in [6, 6.07) is -0.213. The maximum atomic E-state index is 11.8. The number of urea groups is 1. The standard InChI is InChI=1S/C13H22N2O3/c1-9(10-5-2-3-6-10)14-12(18)15-13(11(16)17)7-4-8-13/h9-10H,2-8H2,1H3,(H,16,17)(H2,14,15,18). The van der Waals surface area contributed by atoms with Crippen LogP contribution < -0.4 is 10.6 Å². The Morgan fingerprint density at radius 3 is 2.28 bits per heavy atom. The lowest BCUT2D eigenvalue weighted by atomic mass is 9.77. The maximum absolute atomic E-state index is 11.8. The van der Waals surface area contributed by atoms with Gasteiger partial charge in [0.2, 0.25) is 0 Å². The molecule has 18 heavy (non-hydrogen) atoms. The van der Waals surface area contributed by atoms with E-state index in [1.54, 1.807) is 0 Å². The highest BCUT2D eigenvalue weighted by molar-refractivity contribution is 5.87. The lowest BCUT2D eigenvalue weighted by Crippen LogP contribution is -2.62. The molecule has 3 N–H and O–H groups in total. The molecule has 0 saturated heterocycles. The van der Waals surface area contributed by atoms with Crippen molar-refractivity contribution in [2.75, 3.05) is 0 Å². The minimum atomic E-state index is -1.01. The quantitative estimate of drug-likeness (QED) is 0.716. The molecule has 2 aliphatic carbocycles. The Hall–Kier alpha value is -1.26. The smallest absolute Gasteiger partial charge is 0.329 e. The average Bonchev–Trinajstić information content (AvgIpc) is 2.76. The topological polar surface area (TPSA) is 78.4 Å². The van der Waals surface area contributed by atoms with E-state index in [9.17, 15) is 9.59 Å². The van der Waals surface area contributed by atoms with E-state index < -0.39 is 11.5 Å². The third-order valence-corrected chi connectivity index (χ3v) is 4.44. The van der Waals surface area contributed by atoms with Crippen LogP contribution in [0.4, 0.5) is 4.79 Å². The molecule has 0 heterocycles. The number of rotatable bonds is 4. The molecule has 0 aromatic heterocycles. The second kappa shape index (κ2) is 5.16. The molecular weight excluding hydrogens is 232 g/mol. The number of nitrogens with one attached hydrogen (secondary N) is 2. The zero-order valence-corrected chi connectivity index (χ0v) is 10.9. The minimum Gasteiger partial charge on any atom is -0.480 e. The molecule has 2 rings (SSSR count). The number of aliphatic carboxylic acids is 1. The van der Waals surface area contributed by atoms with E-state index in [1.807, 2.05) is 6.92 Å². The molecular formula is C13H22N2O3. The van der Waals surface area contributed by atoms with E-state index in [0.29, 0.717) is 18.8 Å². The number of carboxylic acid groups (broad SMARTS) is 1. The van der Waals surface area contributed by atoms with Crippen LogP contribution in [0.1, 0.15) is 51.9 Å². The van der Waals surface area contributed by atoms with Crippen molar-refractivity contribution < 1.29 is 14.7 Å². The van der Waals surface area contributed by atoms with Gasteiger partial charge in [0.25, 0.3) is 0 Å². The summed E-state index contributed by atoms with van der Waals surface area (Å²) in [5.74, 6) is -0.379. The molecule has 2 saturated carbocycles. The third kappa shape index (κ3) is 2.60. The number of amides is 2. The van der Waals surface area contributed by atoms with Gasteiger partial charge in [-0.25, -0.2) is 9.59 Å². The molecule has 1 atom stereocenters. The summed E-state index contributed by atoms with van der Waals surface area (Å²) < 4.78 is 0. The molecule has 5 nitrogen and oxygen atoms in total. The Bertz CT molecular complexity index is 333. The zero-order chi connectivity index (χ0) is 13.2. The van der Waals surface area contributed by atoms with Gasteiger partial charge in [0.15, 0.2) is 0 Å². The van der Waals surface area contributed by atoms with Gasteiger partial charge in [-0.1, -0.05) is 12.8 Å². The molecule has 0 aromatic carbocycles. The highest BCUT2D eigenvalue weighted by Gasteiger charge is 2.45. The van der Waals surface area contributed by atoms with Crippen LogP contribution in [-0.2, 0) is 4.79 Å². The van der Waals surface area contributed by atoms with Gasteiger partial charge >= 0.3 is 12.0 Å². The fraction of sp³-hybridized carbons (Fsp3) is 0.846. The minimum absolute atomic E-state index is 0.124. The van der Waals surface area contributed by atoms with Crippen molar-refractivity contribution in [3.8, 4) is 0 Å². The first-order valence-electron chi connectivity index (χ1n) is 6.85. The predicted molar refractivity (Wildman–Crippen MR) is 67.3 cm³/mol. The largest absolute Gasteiger partial charge is 0.480 e. The second-order valence-corrected chi connectivity index (χ2v) is 5.67. The van der Waals surface area contributed by atoms with E-state index in [2.05, 4.69) is 10.6 Å². The molecule has 2 aliphatic rings. The van der Waals surface area contributed by atoms with Gasteiger partial charge in [-0.2, -0.15) is 0 Å². The van der Waals surface area contributed by atoms with Gasteiger partial charge in [0.05, 0.1) is 0 Å². The number of carbonyl (C=O) groups excluding carboxylic acids is 1. The van der Waals surface area contributed by atoms with Crippen molar-refractivity contribution in [3.05, 3.63) is 0 Å². The molecule has 2 amide bonds. The zero-order valence-electron chi connectivity index (χ0n) is 10.9.